The summed E-state index contributed by atoms with van der Waals surface area (Å²) in [6.07, 6.45) is 0.586. The highest BCUT2D eigenvalue weighted by molar-refractivity contribution is 7.07. The molecule has 0 bridgehead atoms. The number of carbonyl (C=O) groups is 1. The van der Waals surface area contributed by atoms with Gasteiger partial charge in [-0.1, -0.05) is 12.8 Å². The molecule has 1 saturated carbocycles. The highest BCUT2D eigenvalue weighted by atomic mass is 32.1. The first-order chi connectivity index (χ1) is 9.12. The molecule has 2 fully saturated rings. The van der Waals surface area contributed by atoms with Gasteiger partial charge in [-0.2, -0.15) is 11.3 Å². The SMILES string of the molecule is O=C1N(CC(F)F)C(c2ccsc2)NC12CCCC2. The van der Waals surface area contributed by atoms with E-state index in [9.17, 15) is 13.6 Å². The van der Waals surface area contributed by atoms with Crippen LogP contribution in [0.4, 0.5) is 8.78 Å². The van der Waals surface area contributed by atoms with E-state index in [2.05, 4.69) is 5.32 Å². The van der Waals surface area contributed by atoms with Crippen LogP contribution in [0.3, 0.4) is 0 Å². The zero-order valence-corrected chi connectivity index (χ0v) is 11.3. The minimum Gasteiger partial charge on any atom is -0.316 e. The van der Waals surface area contributed by atoms with E-state index >= 15 is 0 Å². The van der Waals surface area contributed by atoms with E-state index in [0.29, 0.717) is 0 Å². The van der Waals surface area contributed by atoms with Gasteiger partial charge in [0.1, 0.15) is 6.17 Å². The molecular weight excluding hydrogens is 270 g/mol. The van der Waals surface area contributed by atoms with Gasteiger partial charge >= 0.3 is 0 Å². The average Bonchev–Trinajstić information content (AvgIpc) is 3.07. The summed E-state index contributed by atoms with van der Waals surface area (Å²) in [5, 5.41) is 7.14. The molecule has 1 spiro atoms. The zero-order valence-electron chi connectivity index (χ0n) is 10.4. The normalized spacial score (nSPS) is 25.9. The van der Waals surface area contributed by atoms with Gasteiger partial charge in [-0.05, 0) is 35.2 Å². The van der Waals surface area contributed by atoms with Crippen LogP contribution < -0.4 is 5.32 Å². The van der Waals surface area contributed by atoms with Crippen LogP contribution in [-0.4, -0.2) is 29.3 Å². The van der Waals surface area contributed by atoms with Crippen LogP contribution in [0.1, 0.15) is 37.4 Å². The third kappa shape index (κ3) is 2.17. The molecule has 3 nitrogen and oxygen atoms in total. The lowest BCUT2D eigenvalue weighted by molar-refractivity contribution is -0.135. The van der Waals surface area contributed by atoms with Crippen LogP contribution in [-0.2, 0) is 4.79 Å². The Balaban J connectivity index is 1.91. The number of nitrogens with zero attached hydrogens (tertiary/aromatic N) is 1. The van der Waals surface area contributed by atoms with E-state index in [1.165, 1.54) is 16.2 Å². The fourth-order valence-corrected chi connectivity index (χ4v) is 3.84. The van der Waals surface area contributed by atoms with Gasteiger partial charge in [0.05, 0.1) is 12.1 Å². The van der Waals surface area contributed by atoms with Gasteiger partial charge in [-0.3, -0.25) is 10.1 Å². The lowest BCUT2D eigenvalue weighted by Gasteiger charge is -2.23. The second kappa shape index (κ2) is 4.83. The summed E-state index contributed by atoms with van der Waals surface area (Å²) in [6.45, 7) is -0.492. The number of alkyl halides is 2. The van der Waals surface area contributed by atoms with Gasteiger partial charge in [0.2, 0.25) is 5.91 Å². The van der Waals surface area contributed by atoms with Crippen molar-refractivity contribution in [1.82, 2.24) is 10.2 Å². The number of rotatable bonds is 3. The number of nitrogens with one attached hydrogen (secondary N) is 1. The number of carbonyl (C=O) groups excluding carboxylic acids is 1. The molecule has 2 heterocycles. The molecule has 0 aromatic carbocycles. The van der Waals surface area contributed by atoms with Crippen LogP contribution in [0.25, 0.3) is 0 Å². The predicted molar refractivity (Wildman–Crippen MR) is 69.1 cm³/mol. The van der Waals surface area contributed by atoms with Gasteiger partial charge in [0.25, 0.3) is 6.43 Å². The molecule has 6 heteroatoms. The van der Waals surface area contributed by atoms with Crippen molar-refractivity contribution in [2.75, 3.05) is 6.54 Å². The Morgan fingerprint density at radius 3 is 2.79 bits per heavy atom. The Labute approximate surface area is 114 Å². The Kier molecular flexibility index (Phi) is 3.30. The number of amides is 1. The summed E-state index contributed by atoms with van der Waals surface area (Å²) >= 11 is 1.51. The van der Waals surface area contributed by atoms with Crippen molar-refractivity contribution < 1.29 is 13.6 Å². The number of hydrogen-bond donors (Lipinski definition) is 1. The van der Waals surface area contributed by atoms with E-state index in [1.54, 1.807) is 0 Å². The van der Waals surface area contributed by atoms with Gasteiger partial charge in [-0.15, -0.1) is 0 Å². The van der Waals surface area contributed by atoms with Gasteiger partial charge < -0.3 is 4.90 Å². The molecular formula is C13H16F2N2OS. The van der Waals surface area contributed by atoms with E-state index in [0.717, 1.165) is 31.2 Å². The summed E-state index contributed by atoms with van der Waals surface area (Å²) in [5.41, 5.74) is 0.310. The van der Waals surface area contributed by atoms with E-state index in [4.69, 9.17) is 0 Å². The Morgan fingerprint density at radius 2 is 2.21 bits per heavy atom. The zero-order chi connectivity index (χ0) is 13.5. The predicted octanol–water partition coefficient (Wildman–Crippen LogP) is 2.76. The molecule has 1 aliphatic heterocycles. The molecule has 0 radical (unpaired) electrons. The van der Waals surface area contributed by atoms with Gasteiger partial charge in [0.15, 0.2) is 0 Å². The molecule has 1 N–H and O–H groups in total. The highest BCUT2D eigenvalue weighted by Gasteiger charge is 2.53. The Hall–Kier alpha value is -1.01. The van der Waals surface area contributed by atoms with Crippen LogP contribution >= 0.6 is 11.3 Å². The fraction of sp³-hybridized carbons (Fsp3) is 0.615. The smallest absolute Gasteiger partial charge is 0.255 e. The maximum atomic E-state index is 12.7. The fourth-order valence-electron chi connectivity index (χ4n) is 3.16. The summed E-state index contributed by atoms with van der Waals surface area (Å²) < 4.78 is 25.5. The van der Waals surface area contributed by atoms with Crippen molar-refractivity contribution in [3.8, 4) is 0 Å². The lowest BCUT2D eigenvalue weighted by atomic mass is 9.98. The number of halogens is 2. The van der Waals surface area contributed by atoms with Crippen LogP contribution in [0, 0.1) is 0 Å². The molecule has 2 aliphatic rings. The minimum absolute atomic E-state index is 0.151. The van der Waals surface area contributed by atoms with Crippen LogP contribution in [0.2, 0.25) is 0 Å². The van der Waals surface area contributed by atoms with Gasteiger partial charge in [0, 0.05) is 0 Å². The Bertz CT molecular complexity index is 457. The van der Waals surface area contributed by atoms with Crippen molar-refractivity contribution in [3.63, 3.8) is 0 Å². The van der Waals surface area contributed by atoms with Crippen molar-refractivity contribution in [3.05, 3.63) is 22.4 Å². The molecule has 1 atom stereocenters. The largest absolute Gasteiger partial charge is 0.316 e. The summed E-state index contributed by atoms with van der Waals surface area (Å²) in [4.78, 5) is 13.8. The maximum Gasteiger partial charge on any atom is 0.255 e. The molecule has 1 aromatic heterocycles. The molecule has 104 valence electrons. The summed E-state index contributed by atoms with van der Waals surface area (Å²) in [6, 6.07) is 1.89. The van der Waals surface area contributed by atoms with Gasteiger partial charge in [-0.25, -0.2) is 8.78 Å². The summed E-state index contributed by atoms with van der Waals surface area (Å²) in [5.74, 6) is -0.151. The third-order valence-corrected chi connectivity index (χ3v) is 4.75. The average molecular weight is 286 g/mol. The molecule has 1 saturated heterocycles. The molecule has 1 unspecified atom stereocenters. The number of hydrogen-bond acceptors (Lipinski definition) is 3. The van der Waals surface area contributed by atoms with Crippen LogP contribution in [0.15, 0.2) is 16.8 Å². The number of thiophene rings is 1. The monoisotopic (exact) mass is 286 g/mol. The van der Waals surface area contributed by atoms with Crippen molar-refractivity contribution >= 4 is 17.2 Å². The van der Waals surface area contributed by atoms with Crippen molar-refractivity contribution in [2.45, 2.75) is 43.8 Å². The first-order valence-electron chi connectivity index (χ1n) is 6.51. The first kappa shape index (κ1) is 13.0. The molecule has 1 aliphatic carbocycles. The molecule has 19 heavy (non-hydrogen) atoms. The van der Waals surface area contributed by atoms with E-state index in [-0.39, 0.29) is 5.91 Å². The van der Waals surface area contributed by atoms with E-state index in [1.807, 2.05) is 16.8 Å². The van der Waals surface area contributed by atoms with Crippen molar-refractivity contribution in [1.29, 1.82) is 0 Å². The first-order valence-corrected chi connectivity index (χ1v) is 7.46. The molecule has 1 aromatic rings. The Morgan fingerprint density at radius 1 is 1.47 bits per heavy atom. The second-order valence-electron chi connectivity index (χ2n) is 5.24. The third-order valence-electron chi connectivity index (χ3n) is 4.05. The molecule has 1 amide bonds. The minimum atomic E-state index is -2.50. The van der Waals surface area contributed by atoms with Crippen LogP contribution in [0.5, 0.6) is 0 Å². The summed E-state index contributed by atoms with van der Waals surface area (Å²) in [7, 11) is 0. The molecule has 3 rings (SSSR count). The maximum absolute atomic E-state index is 12.7. The standard InChI is InChI=1S/C13H16F2N2OS/c14-10(15)7-17-11(9-3-6-19-8-9)16-13(12(17)18)4-1-2-5-13/h3,6,8,10-11,16H,1-2,4-5,7H2. The quantitative estimate of drug-likeness (QED) is 0.926. The highest BCUT2D eigenvalue weighted by Crippen LogP contribution is 2.41. The second-order valence-corrected chi connectivity index (χ2v) is 6.02. The van der Waals surface area contributed by atoms with E-state index < -0.39 is 24.7 Å². The lowest BCUT2D eigenvalue weighted by Crippen LogP contribution is -2.44. The topological polar surface area (TPSA) is 32.3 Å². The van der Waals surface area contributed by atoms with Crippen molar-refractivity contribution in [2.24, 2.45) is 0 Å².